The summed E-state index contributed by atoms with van der Waals surface area (Å²) in [6.45, 7) is 4.57. The SMILES string of the molecule is CC(=O)N(CCC(=O)N1CCN(c2ccc(F)cc2)CC1)c1ccccc1. The highest BCUT2D eigenvalue weighted by Gasteiger charge is 2.22. The smallest absolute Gasteiger partial charge is 0.224 e. The topological polar surface area (TPSA) is 43.9 Å². The Hall–Kier alpha value is -2.89. The van der Waals surface area contributed by atoms with Crippen LogP contribution in [0.1, 0.15) is 13.3 Å². The molecule has 1 aliphatic heterocycles. The average Bonchev–Trinajstić information content (AvgIpc) is 2.69. The van der Waals surface area contributed by atoms with E-state index in [1.807, 2.05) is 35.2 Å². The van der Waals surface area contributed by atoms with Crippen LogP contribution in [-0.4, -0.2) is 49.4 Å². The van der Waals surface area contributed by atoms with Gasteiger partial charge in [-0.2, -0.15) is 0 Å². The largest absolute Gasteiger partial charge is 0.368 e. The molecule has 2 amide bonds. The van der Waals surface area contributed by atoms with E-state index in [4.69, 9.17) is 0 Å². The molecule has 1 aliphatic rings. The maximum absolute atomic E-state index is 13.1. The number of amides is 2. The van der Waals surface area contributed by atoms with E-state index in [1.165, 1.54) is 19.1 Å². The quantitative estimate of drug-likeness (QED) is 0.814. The molecule has 5 nitrogen and oxygen atoms in total. The van der Waals surface area contributed by atoms with Crippen LogP contribution in [0.15, 0.2) is 54.6 Å². The van der Waals surface area contributed by atoms with Crippen molar-refractivity contribution in [3.8, 4) is 0 Å². The summed E-state index contributed by atoms with van der Waals surface area (Å²) in [7, 11) is 0. The fourth-order valence-corrected chi connectivity index (χ4v) is 3.31. The van der Waals surface area contributed by atoms with Crippen LogP contribution < -0.4 is 9.80 Å². The van der Waals surface area contributed by atoms with Gasteiger partial charge in [-0.3, -0.25) is 9.59 Å². The number of carbonyl (C=O) groups is 2. The first-order chi connectivity index (χ1) is 13.0. The first-order valence-corrected chi connectivity index (χ1v) is 9.16. The number of para-hydroxylation sites is 1. The predicted octanol–water partition coefficient (Wildman–Crippen LogP) is 2.92. The molecule has 0 bridgehead atoms. The number of hydrogen-bond acceptors (Lipinski definition) is 3. The zero-order valence-electron chi connectivity index (χ0n) is 15.5. The molecule has 0 unspecified atom stereocenters. The molecule has 1 fully saturated rings. The first kappa shape index (κ1) is 18.9. The van der Waals surface area contributed by atoms with Crippen molar-refractivity contribution in [2.45, 2.75) is 13.3 Å². The number of piperazine rings is 1. The van der Waals surface area contributed by atoms with E-state index in [0.717, 1.165) is 11.4 Å². The van der Waals surface area contributed by atoms with Crippen LogP contribution in [0.3, 0.4) is 0 Å². The van der Waals surface area contributed by atoms with Crippen molar-refractivity contribution >= 4 is 23.2 Å². The average molecular weight is 369 g/mol. The van der Waals surface area contributed by atoms with Crippen LogP contribution >= 0.6 is 0 Å². The van der Waals surface area contributed by atoms with Crippen molar-refractivity contribution in [3.63, 3.8) is 0 Å². The number of benzene rings is 2. The Kier molecular flexibility index (Phi) is 6.06. The van der Waals surface area contributed by atoms with Crippen molar-refractivity contribution in [2.24, 2.45) is 0 Å². The summed E-state index contributed by atoms with van der Waals surface area (Å²) >= 11 is 0. The lowest BCUT2D eigenvalue weighted by molar-refractivity contribution is -0.131. The zero-order chi connectivity index (χ0) is 19.2. The molecule has 0 aromatic heterocycles. The van der Waals surface area contributed by atoms with Crippen LogP contribution in [0.4, 0.5) is 15.8 Å². The van der Waals surface area contributed by atoms with Gasteiger partial charge in [-0.25, -0.2) is 4.39 Å². The van der Waals surface area contributed by atoms with Gasteiger partial charge in [0.05, 0.1) is 0 Å². The minimum Gasteiger partial charge on any atom is -0.368 e. The van der Waals surface area contributed by atoms with Gasteiger partial charge in [0.15, 0.2) is 0 Å². The number of hydrogen-bond donors (Lipinski definition) is 0. The normalized spacial score (nSPS) is 14.1. The fourth-order valence-electron chi connectivity index (χ4n) is 3.31. The molecular formula is C21H24FN3O2. The molecule has 0 saturated carbocycles. The Bertz CT molecular complexity index is 772. The second kappa shape index (κ2) is 8.66. The van der Waals surface area contributed by atoms with Crippen molar-refractivity contribution in [1.29, 1.82) is 0 Å². The van der Waals surface area contributed by atoms with Crippen LogP contribution in [-0.2, 0) is 9.59 Å². The fraction of sp³-hybridized carbons (Fsp3) is 0.333. The second-order valence-corrected chi connectivity index (χ2v) is 6.60. The minimum absolute atomic E-state index is 0.0518. The summed E-state index contributed by atoms with van der Waals surface area (Å²) in [5.74, 6) is -0.271. The Morgan fingerprint density at radius 2 is 1.59 bits per heavy atom. The number of anilines is 2. The van der Waals surface area contributed by atoms with E-state index in [0.29, 0.717) is 39.1 Å². The summed E-state index contributed by atoms with van der Waals surface area (Å²) in [4.78, 5) is 30.1. The third-order valence-corrected chi connectivity index (χ3v) is 4.82. The molecule has 142 valence electrons. The van der Waals surface area contributed by atoms with Crippen molar-refractivity contribution in [1.82, 2.24) is 4.90 Å². The standard InChI is InChI=1S/C21H24FN3O2/c1-17(26)25(20-5-3-2-4-6-20)12-11-21(27)24-15-13-23(14-16-24)19-9-7-18(22)8-10-19/h2-10H,11-16H2,1H3. The highest BCUT2D eigenvalue weighted by atomic mass is 19.1. The lowest BCUT2D eigenvalue weighted by Crippen LogP contribution is -2.49. The van der Waals surface area contributed by atoms with Gasteiger partial charge >= 0.3 is 0 Å². The summed E-state index contributed by atoms with van der Waals surface area (Å²) < 4.78 is 13.1. The number of nitrogens with zero attached hydrogens (tertiary/aromatic N) is 3. The third kappa shape index (κ3) is 4.84. The summed E-state index contributed by atoms with van der Waals surface area (Å²) in [6.07, 6.45) is 0.297. The molecule has 0 aliphatic carbocycles. The molecule has 1 heterocycles. The number of carbonyl (C=O) groups excluding carboxylic acids is 2. The van der Waals surface area contributed by atoms with Gasteiger partial charge in [0.2, 0.25) is 11.8 Å². The Balaban J connectivity index is 1.52. The Labute approximate surface area is 159 Å². The maximum atomic E-state index is 13.1. The number of halogens is 1. The van der Waals surface area contributed by atoms with Crippen LogP contribution in [0.5, 0.6) is 0 Å². The van der Waals surface area contributed by atoms with E-state index in [-0.39, 0.29) is 17.6 Å². The predicted molar refractivity (Wildman–Crippen MR) is 104 cm³/mol. The lowest BCUT2D eigenvalue weighted by Gasteiger charge is -2.36. The van der Waals surface area contributed by atoms with Gasteiger partial charge in [0.25, 0.3) is 0 Å². The van der Waals surface area contributed by atoms with Gasteiger partial charge in [-0.15, -0.1) is 0 Å². The molecule has 3 rings (SSSR count). The van der Waals surface area contributed by atoms with Crippen LogP contribution in [0, 0.1) is 5.82 Å². The second-order valence-electron chi connectivity index (χ2n) is 6.60. The Morgan fingerprint density at radius 3 is 2.19 bits per heavy atom. The summed E-state index contributed by atoms with van der Waals surface area (Å²) in [5.41, 5.74) is 1.77. The van der Waals surface area contributed by atoms with Crippen LogP contribution in [0.2, 0.25) is 0 Å². The van der Waals surface area contributed by atoms with Crippen LogP contribution in [0.25, 0.3) is 0 Å². The van der Waals surface area contributed by atoms with Gasteiger partial charge in [0.1, 0.15) is 5.82 Å². The monoisotopic (exact) mass is 369 g/mol. The molecule has 2 aromatic carbocycles. The van der Waals surface area contributed by atoms with Gasteiger partial charge in [-0.1, -0.05) is 18.2 Å². The van der Waals surface area contributed by atoms with Gasteiger partial charge in [-0.05, 0) is 36.4 Å². The van der Waals surface area contributed by atoms with E-state index in [1.54, 1.807) is 17.0 Å². The molecule has 0 spiro atoms. The molecular weight excluding hydrogens is 345 g/mol. The Morgan fingerprint density at radius 1 is 0.963 bits per heavy atom. The van der Waals surface area contributed by atoms with Gasteiger partial charge in [0, 0.05) is 57.4 Å². The maximum Gasteiger partial charge on any atom is 0.224 e. The summed E-state index contributed by atoms with van der Waals surface area (Å²) in [6, 6.07) is 15.8. The van der Waals surface area contributed by atoms with Crippen molar-refractivity contribution in [3.05, 3.63) is 60.4 Å². The third-order valence-electron chi connectivity index (χ3n) is 4.82. The zero-order valence-corrected chi connectivity index (χ0v) is 15.5. The lowest BCUT2D eigenvalue weighted by atomic mass is 10.2. The molecule has 2 aromatic rings. The van der Waals surface area contributed by atoms with E-state index >= 15 is 0 Å². The van der Waals surface area contributed by atoms with E-state index in [2.05, 4.69) is 4.90 Å². The highest BCUT2D eigenvalue weighted by Crippen LogP contribution is 2.18. The molecule has 0 atom stereocenters. The van der Waals surface area contributed by atoms with Gasteiger partial charge < -0.3 is 14.7 Å². The summed E-state index contributed by atoms with van der Waals surface area (Å²) in [5, 5.41) is 0. The molecule has 6 heteroatoms. The van der Waals surface area contributed by atoms with Crippen molar-refractivity contribution < 1.29 is 14.0 Å². The molecule has 1 saturated heterocycles. The van der Waals surface area contributed by atoms with E-state index < -0.39 is 0 Å². The molecule has 0 N–H and O–H groups in total. The highest BCUT2D eigenvalue weighted by molar-refractivity contribution is 5.92. The number of rotatable bonds is 5. The minimum atomic E-state index is -0.249. The van der Waals surface area contributed by atoms with Crippen molar-refractivity contribution in [2.75, 3.05) is 42.5 Å². The van der Waals surface area contributed by atoms with E-state index in [9.17, 15) is 14.0 Å². The molecule has 0 radical (unpaired) electrons. The first-order valence-electron chi connectivity index (χ1n) is 9.16. The molecule has 27 heavy (non-hydrogen) atoms.